The number of epoxide rings is 1. The van der Waals surface area contributed by atoms with Crippen LogP contribution in [0.2, 0.25) is 0 Å². The molecule has 26 heavy (non-hydrogen) atoms. The molecule has 0 amide bonds. The Balaban J connectivity index is -0.000000283. The molecule has 148 valence electrons. The minimum absolute atomic E-state index is 0.111. The molecule has 7 nitrogen and oxygen atoms in total. The van der Waals surface area contributed by atoms with Crippen LogP contribution < -0.4 is 0 Å². The van der Waals surface area contributed by atoms with Gasteiger partial charge in [0.05, 0.1) is 18.2 Å². The van der Waals surface area contributed by atoms with Crippen LogP contribution in [0.5, 0.6) is 0 Å². The van der Waals surface area contributed by atoms with Gasteiger partial charge in [-0.05, 0) is 13.8 Å². The van der Waals surface area contributed by atoms with Gasteiger partial charge in [-0.2, -0.15) is 0 Å². The van der Waals surface area contributed by atoms with E-state index >= 15 is 0 Å². The van der Waals surface area contributed by atoms with Gasteiger partial charge in [0.2, 0.25) is 0 Å². The van der Waals surface area contributed by atoms with Gasteiger partial charge in [0.25, 0.3) is 0 Å². The van der Waals surface area contributed by atoms with Gasteiger partial charge in [0.1, 0.15) is 12.7 Å². The van der Waals surface area contributed by atoms with E-state index in [1.807, 2.05) is 0 Å². The van der Waals surface area contributed by atoms with Gasteiger partial charge in [0.15, 0.2) is 0 Å². The Kier molecular flexibility index (Phi) is 19.6. The number of methoxy groups -OCH3 is 1. The summed E-state index contributed by atoms with van der Waals surface area (Å²) >= 11 is 9.69. The molecule has 0 saturated carbocycles. The first-order valence-electron chi connectivity index (χ1n) is 6.92. The topological polar surface area (TPSA) is 102 Å². The second-order valence-corrected chi connectivity index (χ2v) is 5.59. The zero-order valence-corrected chi connectivity index (χ0v) is 16.6. The van der Waals surface area contributed by atoms with Crippen molar-refractivity contribution in [2.45, 2.75) is 20.0 Å². The lowest BCUT2D eigenvalue weighted by Gasteiger charge is -1.94. The Morgan fingerprint density at radius 1 is 1.19 bits per heavy atom. The van der Waals surface area contributed by atoms with Crippen molar-refractivity contribution in [2.24, 2.45) is 0 Å². The molecule has 1 aliphatic rings. The van der Waals surface area contributed by atoms with Crippen LogP contribution in [0, 0.1) is 0 Å². The number of carbonyl (C=O) groups is 3. The minimum atomic E-state index is -0.935. The third kappa shape index (κ3) is 29.9. The molecule has 0 radical (unpaired) electrons. The van der Waals surface area contributed by atoms with Gasteiger partial charge in [0, 0.05) is 17.2 Å². The van der Waals surface area contributed by atoms with Crippen LogP contribution in [0.4, 0.5) is 0 Å². The lowest BCUT2D eigenvalue weighted by Crippen LogP contribution is -2.06. The number of carboxylic acids is 1. The van der Waals surface area contributed by atoms with E-state index in [1.54, 1.807) is 6.92 Å². The molecule has 1 unspecified atom stereocenters. The molecule has 0 aromatic rings. The molecule has 1 rings (SSSR count). The molecule has 0 aromatic heterocycles. The predicted octanol–water partition coefficient (Wildman–Crippen LogP) is 3.43. The molecule has 1 N–H and O–H groups in total. The highest BCUT2D eigenvalue weighted by atomic mass is 35.5. The van der Waals surface area contributed by atoms with Crippen molar-refractivity contribution >= 4 is 41.1 Å². The highest BCUT2D eigenvalue weighted by Crippen LogP contribution is 2.08. The summed E-state index contributed by atoms with van der Waals surface area (Å²) in [5.41, 5.74) is 0.609. The maximum atomic E-state index is 10.3. The number of ether oxygens (including phenoxy) is 3. The second-order valence-electron chi connectivity index (χ2n) is 4.49. The normalized spacial score (nSPS) is 12.7. The monoisotopic (exact) mass is 410 g/mol. The van der Waals surface area contributed by atoms with Gasteiger partial charge in [-0.25, -0.2) is 14.4 Å². The Morgan fingerprint density at radius 3 is 1.73 bits per heavy atom. The third-order valence-corrected chi connectivity index (χ3v) is 1.88. The van der Waals surface area contributed by atoms with Gasteiger partial charge >= 0.3 is 17.9 Å². The smallest absolute Gasteiger partial charge is 0.332 e. The fraction of sp³-hybridized carbons (Fsp3) is 0.353. The van der Waals surface area contributed by atoms with Crippen molar-refractivity contribution in [1.82, 2.24) is 0 Å². The molecule has 0 aliphatic carbocycles. The van der Waals surface area contributed by atoms with Crippen LogP contribution in [0.15, 0.2) is 48.0 Å². The van der Waals surface area contributed by atoms with Crippen LogP contribution in [-0.4, -0.2) is 49.4 Å². The second kappa shape index (κ2) is 17.7. The zero-order valence-electron chi connectivity index (χ0n) is 15.0. The predicted molar refractivity (Wildman–Crippen MR) is 101 cm³/mol. The zero-order chi connectivity index (χ0) is 21.3. The van der Waals surface area contributed by atoms with E-state index in [2.05, 4.69) is 35.8 Å². The van der Waals surface area contributed by atoms with Crippen molar-refractivity contribution < 1.29 is 33.7 Å². The Bertz CT molecular complexity index is 507. The number of esters is 2. The summed E-state index contributed by atoms with van der Waals surface area (Å²) in [5.74, 6) is -1.67. The molecule has 9 heteroatoms. The number of halogens is 2. The molecule has 0 spiro atoms. The summed E-state index contributed by atoms with van der Waals surface area (Å²) in [4.78, 5) is 30.1. The maximum Gasteiger partial charge on any atom is 0.332 e. The van der Waals surface area contributed by atoms with Crippen LogP contribution in [0.1, 0.15) is 13.8 Å². The molecule has 0 aromatic carbocycles. The minimum Gasteiger partial charge on any atom is -0.478 e. The fourth-order valence-corrected chi connectivity index (χ4v) is 0.573. The van der Waals surface area contributed by atoms with Gasteiger partial charge in [-0.15, -0.1) is 0 Å². The summed E-state index contributed by atoms with van der Waals surface area (Å²) in [6.45, 7) is 17.0. The number of hydrogen-bond donors (Lipinski definition) is 1. The van der Waals surface area contributed by atoms with Gasteiger partial charge in [-0.3, -0.25) is 0 Å². The lowest BCUT2D eigenvalue weighted by atomic mass is 10.4. The third-order valence-electron chi connectivity index (χ3n) is 1.88. The molecule has 1 aliphatic heterocycles. The number of aliphatic carboxylic acids is 1. The average Bonchev–Trinajstić information content (AvgIpc) is 3.36. The van der Waals surface area contributed by atoms with E-state index in [-0.39, 0.29) is 28.1 Å². The molecular formula is C17H24Cl2O7. The van der Waals surface area contributed by atoms with Gasteiger partial charge in [-0.1, -0.05) is 49.5 Å². The summed E-state index contributed by atoms with van der Waals surface area (Å²) < 4.78 is 13.8. The summed E-state index contributed by atoms with van der Waals surface area (Å²) in [6.07, 6.45) is 1.29. The highest BCUT2D eigenvalue weighted by molar-refractivity contribution is 6.55. The van der Waals surface area contributed by atoms with E-state index in [4.69, 9.17) is 33.0 Å². The van der Waals surface area contributed by atoms with Crippen molar-refractivity contribution in [3.63, 3.8) is 0 Å². The van der Waals surface area contributed by atoms with E-state index in [1.165, 1.54) is 14.0 Å². The lowest BCUT2D eigenvalue weighted by molar-refractivity contribution is -0.138. The van der Waals surface area contributed by atoms with E-state index < -0.39 is 5.97 Å². The number of carboxylic acid groups (broad SMARTS) is 1. The standard InChI is InChI=1S/C6H8O3.C5H8O2.C4H6O2.C2H2Cl2/c1-2-6(7)9-4-5-3-8-5;1-4(2)5(6)7-3;1-3(2)4(5)6;1-2(3)4/h2,5H,1,3-4H2;1H2,2-3H3;1H2,2H3,(H,5,6);1H2. The largest absolute Gasteiger partial charge is 0.478 e. The number of carbonyl (C=O) groups excluding carboxylic acids is 2. The highest BCUT2D eigenvalue weighted by Gasteiger charge is 2.23. The molecule has 1 saturated heterocycles. The molecule has 1 fully saturated rings. The number of hydrogen-bond acceptors (Lipinski definition) is 6. The van der Waals surface area contributed by atoms with Crippen LogP contribution in [0.3, 0.4) is 0 Å². The molecule has 1 atom stereocenters. The first-order chi connectivity index (χ1) is 11.9. The SMILES string of the molecule is C=C(C)C(=O)O.C=C(C)C(=O)OC.C=C(Cl)Cl.C=CC(=O)OCC1CO1. The quantitative estimate of drug-likeness (QED) is 0.420. The van der Waals surface area contributed by atoms with Crippen molar-refractivity contribution in [3.8, 4) is 0 Å². The summed E-state index contributed by atoms with van der Waals surface area (Å²) in [5, 5.41) is 7.89. The van der Waals surface area contributed by atoms with Gasteiger partial charge < -0.3 is 19.3 Å². The maximum absolute atomic E-state index is 10.3. The van der Waals surface area contributed by atoms with Crippen molar-refractivity contribution in [3.05, 3.63) is 48.0 Å². The van der Waals surface area contributed by atoms with Crippen LogP contribution in [-0.2, 0) is 28.6 Å². The first-order valence-corrected chi connectivity index (χ1v) is 7.67. The first kappa shape index (κ1) is 28.7. The summed E-state index contributed by atoms with van der Waals surface area (Å²) in [7, 11) is 1.33. The van der Waals surface area contributed by atoms with E-state index in [9.17, 15) is 14.4 Å². The Morgan fingerprint density at radius 2 is 1.58 bits per heavy atom. The molecule has 0 bridgehead atoms. The summed E-state index contributed by atoms with van der Waals surface area (Å²) in [6, 6.07) is 0. The van der Waals surface area contributed by atoms with E-state index in [0.717, 1.165) is 6.08 Å². The molecular weight excluding hydrogens is 387 g/mol. The number of rotatable bonds is 5. The fourth-order valence-electron chi connectivity index (χ4n) is 0.573. The van der Waals surface area contributed by atoms with Crippen LogP contribution >= 0.6 is 23.2 Å². The Hall–Kier alpha value is -2.09. The molecule has 1 heterocycles. The van der Waals surface area contributed by atoms with Crippen molar-refractivity contribution in [1.29, 1.82) is 0 Å². The van der Waals surface area contributed by atoms with Crippen molar-refractivity contribution in [2.75, 3.05) is 20.3 Å². The van der Waals surface area contributed by atoms with E-state index in [0.29, 0.717) is 18.8 Å². The van der Waals surface area contributed by atoms with Crippen LogP contribution in [0.25, 0.3) is 0 Å². The Labute approximate surface area is 163 Å². The average molecular weight is 411 g/mol.